The highest BCUT2D eigenvalue weighted by Gasteiger charge is 2.21. The number of fused-ring (bicyclic) bond motifs is 1. The number of hydrogen-bond donors (Lipinski definition) is 1. The fourth-order valence-corrected chi connectivity index (χ4v) is 3.59. The Morgan fingerprint density at radius 2 is 1.97 bits per heavy atom. The molecule has 32 heavy (non-hydrogen) atoms. The Labute approximate surface area is 187 Å². The van der Waals surface area contributed by atoms with Crippen molar-refractivity contribution in [3.63, 3.8) is 0 Å². The van der Waals surface area contributed by atoms with Crippen LogP contribution in [0.1, 0.15) is 56.6 Å². The lowest BCUT2D eigenvalue weighted by Gasteiger charge is -2.19. The summed E-state index contributed by atoms with van der Waals surface area (Å²) in [6.45, 7) is 12.7. The molecule has 2 N–H and O–H groups in total. The first kappa shape index (κ1) is 23.2. The number of nitrogens with two attached hydrogens (primary N) is 1. The maximum atomic E-state index is 12.3. The number of rotatable bonds is 5. The van der Waals surface area contributed by atoms with Crippen molar-refractivity contribution in [2.24, 2.45) is 15.7 Å². The number of hydrogen-bond acceptors (Lipinski definition) is 5. The molecule has 0 unspecified atom stereocenters. The van der Waals surface area contributed by atoms with Crippen LogP contribution >= 0.6 is 0 Å². The Morgan fingerprint density at radius 1 is 1.28 bits per heavy atom. The van der Waals surface area contributed by atoms with Gasteiger partial charge in [0.25, 0.3) is 5.91 Å². The van der Waals surface area contributed by atoms with Gasteiger partial charge in [-0.1, -0.05) is 6.07 Å². The number of esters is 1. The van der Waals surface area contributed by atoms with Gasteiger partial charge >= 0.3 is 5.97 Å². The summed E-state index contributed by atoms with van der Waals surface area (Å²) in [5.41, 5.74) is 7.39. The number of aliphatic imine (C=N–C) groups is 2. The summed E-state index contributed by atoms with van der Waals surface area (Å²) < 4.78 is 6.81. The van der Waals surface area contributed by atoms with E-state index in [0.29, 0.717) is 16.9 Å². The fraction of sp³-hybridized carbons (Fsp3) is 0.435. The van der Waals surface area contributed by atoms with Crippen molar-refractivity contribution in [3.05, 3.63) is 35.7 Å². The number of nitrogens with zero attached hydrogens (tertiary/aromatic N) is 5. The van der Waals surface area contributed by atoms with E-state index in [0.717, 1.165) is 37.1 Å². The Morgan fingerprint density at radius 3 is 2.56 bits per heavy atom. The number of amides is 1. The number of carbonyl (C=O) groups is 2. The predicted molar refractivity (Wildman–Crippen MR) is 126 cm³/mol. The van der Waals surface area contributed by atoms with Gasteiger partial charge < -0.3 is 15.4 Å². The van der Waals surface area contributed by atoms with Crippen LogP contribution in [-0.2, 0) is 16.1 Å². The maximum Gasteiger partial charge on any atom is 0.328 e. The number of guanidine groups is 1. The van der Waals surface area contributed by atoms with Gasteiger partial charge in [0, 0.05) is 24.7 Å². The summed E-state index contributed by atoms with van der Waals surface area (Å²) in [6, 6.07) is 5.52. The number of primary amides is 1. The normalized spacial score (nSPS) is 15.3. The van der Waals surface area contributed by atoms with Crippen molar-refractivity contribution in [3.8, 4) is 0 Å². The van der Waals surface area contributed by atoms with E-state index in [1.54, 1.807) is 27.0 Å². The third-order valence-electron chi connectivity index (χ3n) is 5.04. The summed E-state index contributed by atoms with van der Waals surface area (Å²) in [5, 5.41) is 4.83. The summed E-state index contributed by atoms with van der Waals surface area (Å²) in [6.07, 6.45) is 3.98. The van der Waals surface area contributed by atoms with E-state index >= 15 is 0 Å². The van der Waals surface area contributed by atoms with Crippen LogP contribution in [0.3, 0.4) is 0 Å². The number of aromatic nitrogens is 2. The minimum Gasteiger partial charge on any atom is -0.459 e. The number of ether oxygens (including phenoxy) is 1. The van der Waals surface area contributed by atoms with E-state index in [4.69, 9.17) is 10.5 Å². The van der Waals surface area contributed by atoms with Crippen molar-refractivity contribution < 1.29 is 14.3 Å². The van der Waals surface area contributed by atoms with Gasteiger partial charge in [0.15, 0.2) is 5.69 Å². The second-order valence-electron chi connectivity index (χ2n) is 8.78. The molecular formula is C23H30N6O3. The zero-order valence-electron chi connectivity index (χ0n) is 19.1. The van der Waals surface area contributed by atoms with Gasteiger partial charge in [-0.05, 0) is 70.5 Å². The van der Waals surface area contributed by atoms with E-state index in [-0.39, 0.29) is 12.2 Å². The first-order valence-electron chi connectivity index (χ1n) is 10.6. The van der Waals surface area contributed by atoms with Crippen molar-refractivity contribution in [1.29, 1.82) is 0 Å². The number of benzene rings is 1. The van der Waals surface area contributed by atoms with Gasteiger partial charge in [-0.2, -0.15) is 5.10 Å². The molecular weight excluding hydrogens is 408 g/mol. The van der Waals surface area contributed by atoms with E-state index in [1.165, 1.54) is 4.68 Å². The molecule has 1 amide bonds. The Balaban J connectivity index is 1.93. The average Bonchev–Trinajstić information content (AvgIpc) is 3.35. The van der Waals surface area contributed by atoms with Gasteiger partial charge in [0.1, 0.15) is 12.1 Å². The molecule has 0 spiro atoms. The number of allylic oxidation sites excluding steroid dienone is 1. The topological polar surface area (TPSA) is 115 Å². The molecule has 0 saturated carbocycles. The van der Waals surface area contributed by atoms with Crippen LogP contribution < -0.4 is 5.73 Å². The molecule has 1 saturated heterocycles. The largest absolute Gasteiger partial charge is 0.459 e. The first-order valence-corrected chi connectivity index (χ1v) is 10.6. The molecule has 2 aromatic rings. The second-order valence-corrected chi connectivity index (χ2v) is 8.78. The second kappa shape index (κ2) is 9.33. The molecule has 0 bridgehead atoms. The highest BCUT2D eigenvalue weighted by atomic mass is 16.6. The van der Waals surface area contributed by atoms with Gasteiger partial charge in [-0.3, -0.25) is 14.3 Å². The van der Waals surface area contributed by atoms with Gasteiger partial charge in [0.05, 0.1) is 5.52 Å². The third kappa shape index (κ3) is 5.40. The number of carbonyl (C=O) groups excluding carboxylic acids is 2. The van der Waals surface area contributed by atoms with E-state index < -0.39 is 17.5 Å². The standard InChI is InChI=1S/C23H30N6O3/c1-15(13-26-22(25-5)28-10-6-7-11-28)16-8-9-18-17(12-16)20(21(24)31)27-29(18)14-19(30)32-23(2,3)4/h8-9,12-13H,5-7,10-11,14H2,1-4H3,(H2,24,31)/b15-13+,26-22+. The lowest BCUT2D eigenvalue weighted by Crippen LogP contribution is -2.27. The smallest absolute Gasteiger partial charge is 0.328 e. The average molecular weight is 439 g/mol. The molecule has 9 nitrogen and oxygen atoms in total. The highest BCUT2D eigenvalue weighted by Crippen LogP contribution is 2.25. The zero-order valence-corrected chi connectivity index (χ0v) is 19.1. The monoisotopic (exact) mass is 438 g/mol. The quantitative estimate of drug-likeness (QED) is 0.438. The maximum absolute atomic E-state index is 12.3. The van der Waals surface area contributed by atoms with Gasteiger partial charge in [0.2, 0.25) is 5.96 Å². The zero-order chi connectivity index (χ0) is 23.5. The van der Waals surface area contributed by atoms with Crippen LogP contribution in [-0.4, -0.2) is 57.9 Å². The molecule has 0 aliphatic carbocycles. The van der Waals surface area contributed by atoms with Gasteiger partial charge in [-0.15, -0.1) is 0 Å². The number of likely N-dealkylation sites (tertiary alicyclic amines) is 1. The van der Waals surface area contributed by atoms with Crippen molar-refractivity contribution in [2.45, 2.75) is 52.7 Å². The predicted octanol–water partition coefficient (Wildman–Crippen LogP) is 2.99. The Bertz CT molecular complexity index is 1100. The molecule has 1 aromatic carbocycles. The van der Waals surface area contributed by atoms with Crippen LogP contribution in [0.15, 0.2) is 34.4 Å². The molecule has 1 aliphatic rings. The van der Waals surface area contributed by atoms with Crippen LogP contribution in [0.4, 0.5) is 0 Å². The molecule has 1 aliphatic heterocycles. The molecule has 170 valence electrons. The van der Waals surface area contributed by atoms with Crippen LogP contribution in [0, 0.1) is 0 Å². The van der Waals surface area contributed by atoms with Crippen LogP contribution in [0.25, 0.3) is 16.5 Å². The van der Waals surface area contributed by atoms with Crippen molar-refractivity contribution >= 4 is 41.0 Å². The molecule has 1 fully saturated rings. The van der Waals surface area contributed by atoms with Crippen molar-refractivity contribution in [1.82, 2.24) is 14.7 Å². The molecule has 0 atom stereocenters. The Kier molecular flexibility index (Phi) is 6.76. The first-order chi connectivity index (χ1) is 15.1. The molecule has 1 aromatic heterocycles. The molecule has 9 heteroatoms. The lowest BCUT2D eigenvalue weighted by atomic mass is 10.0. The van der Waals surface area contributed by atoms with E-state index in [2.05, 4.69) is 26.7 Å². The summed E-state index contributed by atoms with van der Waals surface area (Å²) in [4.78, 5) is 34.9. The summed E-state index contributed by atoms with van der Waals surface area (Å²) >= 11 is 0. The fourth-order valence-electron chi connectivity index (χ4n) is 3.59. The van der Waals surface area contributed by atoms with Crippen LogP contribution in [0.2, 0.25) is 0 Å². The molecule has 0 radical (unpaired) electrons. The van der Waals surface area contributed by atoms with Crippen molar-refractivity contribution in [2.75, 3.05) is 13.1 Å². The van der Waals surface area contributed by atoms with Gasteiger partial charge in [-0.25, -0.2) is 9.98 Å². The van der Waals surface area contributed by atoms with Crippen LogP contribution in [0.5, 0.6) is 0 Å². The lowest BCUT2D eigenvalue weighted by molar-refractivity contribution is -0.155. The molecule has 2 heterocycles. The SMILES string of the molecule is C=N/C(=N\C=C(/C)c1ccc2c(c1)c(C(N)=O)nn2CC(=O)OC(C)(C)C)N1CCCC1. The highest BCUT2D eigenvalue weighted by molar-refractivity contribution is 6.05. The summed E-state index contributed by atoms with van der Waals surface area (Å²) in [5.74, 6) is -0.508. The van der Waals surface area contributed by atoms with E-state index in [9.17, 15) is 9.59 Å². The van der Waals surface area contributed by atoms with E-state index in [1.807, 2.05) is 25.1 Å². The third-order valence-corrected chi connectivity index (χ3v) is 5.04. The molecule has 3 rings (SSSR count). The minimum absolute atomic E-state index is 0.104. The Hall–Kier alpha value is -3.49. The minimum atomic E-state index is -0.665. The summed E-state index contributed by atoms with van der Waals surface area (Å²) in [7, 11) is 0.